The molecule has 2 N–H and O–H groups in total. The van der Waals surface area contributed by atoms with Gasteiger partial charge in [-0.05, 0) is 5.56 Å². The molecule has 7 nitrogen and oxygen atoms in total. The number of hydrogen-bond acceptors (Lipinski definition) is 5. The number of nitrogens with one attached hydrogen (secondary N) is 2. The van der Waals surface area contributed by atoms with E-state index in [1.165, 1.54) is 4.57 Å². The summed E-state index contributed by atoms with van der Waals surface area (Å²) < 4.78 is 6.46. The Morgan fingerprint density at radius 1 is 1.41 bits per heavy atom. The zero-order valence-electron chi connectivity index (χ0n) is 11.7. The molecule has 1 amide bonds. The van der Waals surface area contributed by atoms with E-state index >= 15 is 0 Å². The van der Waals surface area contributed by atoms with Crippen LogP contribution in [0.2, 0.25) is 0 Å². The largest absolute Gasteiger partial charge is 0.472 e. The molecule has 8 heteroatoms. The topological polar surface area (TPSA) is 85.2 Å². The van der Waals surface area contributed by atoms with Gasteiger partial charge in [0, 0.05) is 19.6 Å². The number of amides is 1. The van der Waals surface area contributed by atoms with E-state index in [0.29, 0.717) is 25.6 Å². The van der Waals surface area contributed by atoms with Gasteiger partial charge in [-0.1, -0.05) is 30.3 Å². The molecule has 1 atom stereocenters. The first-order valence-corrected chi connectivity index (χ1v) is 7.25. The third-order valence-electron chi connectivity index (χ3n) is 3.38. The molecule has 0 aliphatic carbocycles. The predicted octanol–water partition coefficient (Wildman–Crippen LogP) is 0.768. The molecule has 1 aliphatic rings. The van der Waals surface area contributed by atoms with Gasteiger partial charge in [0.2, 0.25) is 11.7 Å². The van der Waals surface area contributed by atoms with Gasteiger partial charge in [0.1, 0.15) is 0 Å². The van der Waals surface area contributed by atoms with E-state index in [-0.39, 0.29) is 17.0 Å². The molecule has 1 aliphatic heterocycles. The minimum Gasteiger partial charge on any atom is -0.472 e. The van der Waals surface area contributed by atoms with Crippen LogP contribution in [0.4, 0.5) is 5.95 Å². The number of nitrogens with zero attached hydrogens (tertiary/aromatic N) is 2. The average Bonchev–Trinajstić information content (AvgIpc) is 3.02. The van der Waals surface area contributed by atoms with E-state index in [1.54, 1.807) is 0 Å². The summed E-state index contributed by atoms with van der Waals surface area (Å²) in [6, 6.07) is 9.49. The van der Waals surface area contributed by atoms with Crippen LogP contribution in [0, 0.1) is 0 Å². The summed E-state index contributed by atoms with van der Waals surface area (Å²) in [5, 5.41) is 5.71. The van der Waals surface area contributed by atoms with E-state index in [9.17, 15) is 9.59 Å². The first-order chi connectivity index (χ1) is 10.7. The van der Waals surface area contributed by atoms with Gasteiger partial charge in [-0.2, -0.15) is 0 Å². The van der Waals surface area contributed by atoms with Crippen molar-refractivity contribution in [2.75, 3.05) is 11.9 Å². The highest BCUT2D eigenvalue weighted by molar-refractivity contribution is 7.10. The Morgan fingerprint density at radius 2 is 2.18 bits per heavy atom. The number of carbonyl (C=O) groups is 1. The Labute approximate surface area is 129 Å². The summed E-state index contributed by atoms with van der Waals surface area (Å²) in [4.78, 5) is 28.8. The SMILES string of the molecule is O=C(NCc1ccccc1)c1nc2n(c(=O)c1OP)CCN2. The van der Waals surface area contributed by atoms with Crippen molar-refractivity contribution < 1.29 is 9.32 Å². The fourth-order valence-electron chi connectivity index (χ4n) is 2.28. The second-order valence-electron chi connectivity index (χ2n) is 4.78. The molecule has 0 radical (unpaired) electrons. The Kier molecular flexibility index (Phi) is 4.06. The Hall–Kier alpha value is -2.40. The maximum Gasteiger partial charge on any atom is 0.298 e. The minimum atomic E-state index is -0.449. The summed E-state index contributed by atoms with van der Waals surface area (Å²) >= 11 is 0. The smallest absolute Gasteiger partial charge is 0.298 e. The van der Waals surface area contributed by atoms with Gasteiger partial charge in [-0.25, -0.2) is 4.98 Å². The van der Waals surface area contributed by atoms with Crippen LogP contribution in [0.1, 0.15) is 16.1 Å². The maximum atomic E-state index is 12.3. The van der Waals surface area contributed by atoms with Crippen LogP contribution in [-0.2, 0) is 13.1 Å². The van der Waals surface area contributed by atoms with Crippen molar-refractivity contribution in [2.45, 2.75) is 13.1 Å². The summed E-state index contributed by atoms with van der Waals surface area (Å²) in [6.45, 7) is 1.46. The fraction of sp³-hybridized carbons (Fsp3) is 0.214. The zero-order chi connectivity index (χ0) is 15.5. The van der Waals surface area contributed by atoms with Gasteiger partial charge in [-0.15, -0.1) is 0 Å². The van der Waals surface area contributed by atoms with Crippen molar-refractivity contribution in [3.05, 3.63) is 51.9 Å². The van der Waals surface area contributed by atoms with Crippen LogP contribution >= 0.6 is 9.47 Å². The number of anilines is 1. The normalized spacial score (nSPS) is 12.4. The van der Waals surface area contributed by atoms with E-state index < -0.39 is 5.91 Å². The molecule has 2 heterocycles. The summed E-state index contributed by atoms with van der Waals surface area (Å²) in [5.74, 6) is -0.126. The lowest BCUT2D eigenvalue weighted by atomic mass is 10.2. The third kappa shape index (κ3) is 2.67. The lowest BCUT2D eigenvalue weighted by Crippen LogP contribution is -2.29. The van der Waals surface area contributed by atoms with Crippen LogP contribution < -0.4 is 20.7 Å². The number of hydrogen-bond donors (Lipinski definition) is 2. The molecule has 0 bridgehead atoms. The van der Waals surface area contributed by atoms with Gasteiger partial charge in [0.25, 0.3) is 11.5 Å². The second kappa shape index (κ2) is 6.15. The lowest BCUT2D eigenvalue weighted by Gasteiger charge is -2.10. The van der Waals surface area contributed by atoms with Crippen molar-refractivity contribution in [1.82, 2.24) is 14.9 Å². The molecule has 1 unspecified atom stereocenters. The van der Waals surface area contributed by atoms with Crippen LogP contribution in [0.3, 0.4) is 0 Å². The van der Waals surface area contributed by atoms with E-state index in [4.69, 9.17) is 4.52 Å². The first kappa shape index (κ1) is 14.5. The third-order valence-corrected chi connectivity index (χ3v) is 3.61. The number of aromatic nitrogens is 2. The Morgan fingerprint density at radius 3 is 2.91 bits per heavy atom. The quantitative estimate of drug-likeness (QED) is 0.813. The van der Waals surface area contributed by atoms with Crippen LogP contribution in [0.15, 0.2) is 35.1 Å². The molecule has 0 saturated heterocycles. The van der Waals surface area contributed by atoms with Crippen molar-refractivity contribution in [3.63, 3.8) is 0 Å². The molecule has 1 aromatic carbocycles. The number of benzene rings is 1. The molecule has 3 rings (SSSR count). The average molecular weight is 318 g/mol. The van der Waals surface area contributed by atoms with Crippen LogP contribution in [0.25, 0.3) is 0 Å². The monoisotopic (exact) mass is 318 g/mol. The highest BCUT2D eigenvalue weighted by Gasteiger charge is 2.24. The first-order valence-electron chi connectivity index (χ1n) is 6.78. The van der Waals surface area contributed by atoms with Gasteiger partial charge in [-0.3, -0.25) is 14.2 Å². The molecular weight excluding hydrogens is 303 g/mol. The molecule has 114 valence electrons. The van der Waals surface area contributed by atoms with Crippen molar-refractivity contribution in [1.29, 1.82) is 0 Å². The molecule has 0 spiro atoms. The van der Waals surface area contributed by atoms with Gasteiger partial charge >= 0.3 is 0 Å². The van der Waals surface area contributed by atoms with Gasteiger partial charge in [0.05, 0.1) is 9.47 Å². The summed E-state index contributed by atoms with van der Waals surface area (Å²) in [5.41, 5.74) is 0.576. The van der Waals surface area contributed by atoms with Gasteiger partial charge < -0.3 is 15.2 Å². The van der Waals surface area contributed by atoms with Crippen LogP contribution in [-0.4, -0.2) is 22.0 Å². The summed E-state index contributed by atoms with van der Waals surface area (Å²) in [6.07, 6.45) is 0. The number of fused-ring (bicyclic) bond motifs is 1. The summed E-state index contributed by atoms with van der Waals surface area (Å²) in [7, 11) is 1.99. The predicted molar refractivity (Wildman–Crippen MR) is 84.9 cm³/mol. The minimum absolute atomic E-state index is 0.0171. The molecule has 0 saturated carbocycles. The second-order valence-corrected chi connectivity index (χ2v) is 5.02. The Balaban J connectivity index is 1.86. The lowest BCUT2D eigenvalue weighted by molar-refractivity contribution is 0.0944. The fourth-order valence-corrected chi connectivity index (χ4v) is 2.49. The molecule has 1 aromatic heterocycles. The highest BCUT2D eigenvalue weighted by Crippen LogP contribution is 2.18. The molecule has 0 fully saturated rings. The van der Waals surface area contributed by atoms with Gasteiger partial charge in [0.15, 0.2) is 5.69 Å². The maximum absolute atomic E-state index is 12.3. The zero-order valence-corrected chi connectivity index (χ0v) is 12.9. The molecule has 2 aromatic rings. The molecular formula is C14H15N4O3P. The highest BCUT2D eigenvalue weighted by atomic mass is 31.0. The number of rotatable bonds is 4. The number of carbonyl (C=O) groups excluding carboxylic acids is 1. The molecule has 22 heavy (non-hydrogen) atoms. The van der Waals surface area contributed by atoms with E-state index in [0.717, 1.165) is 5.56 Å². The van der Waals surface area contributed by atoms with Crippen molar-refractivity contribution >= 4 is 21.3 Å². The van der Waals surface area contributed by atoms with E-state index in [1.807, 2.05) is 39.8 Å². The van der Waals surface area contributed by atoms with Crippen molar-refractivity contribution in [2.24, 2.45) is 0 Å². The Bertz CT molecular complexity index is 761. The van der Waals surface area contributed by atoms with Crippen LogP contribution in [0.5, 0.6) is 5.75 Å². The van der Waals surface area contributed by atoms with Crippen molar-refractivity contribution in [3.8, 4) is 5.75 Å². The van der Waals surface area contributed by atoms with E-state index in [2.05, 4.69) is 15.6 Å². The standard InChI is InChI=1S/C14H15N4O3P/c19-12(16-8-9-4-2-1-3-5-9)10-11(21-22)13(20)18-7-6-15-14(18)17-10/h1-5H,6-8,22H2,(H,15,17)(H,16,19).